The van der Waals surface area contributed by atoms with Gasteiger partial charge in [-0.25, -0.2) is 0 Å². The van der Waals surface area contributed by atoms with Gasteiger partial charge in [0, 0.05) is 56.9 Å². The second-order valence-electron chi connectivity index (χ2n) is 9.38. The van der Waals surface area contributed by atoms with E-state index in [0.717, 1.165) is 36.5 Å². The standard InChI is InChI=1S/C31H34ClN3O3/c1-24-13-15-26(16-14-24)30(36)34(17-7-9-25-8-3-6-12-29(25)38-2)21-18-33-19-22-35(23-20-33)31(37)27-10-4-5-11-28(27)32/h3-16H,17-23H2,1-2H3/b9-7+. The number of carbonyl (C=O) groups excluding carboxylic acids is 2. The third-order valence-electron chi connectivity index (χ3n) is 6.80. The Morgan fingerprint density at radius 2 is 1.63 bits per heavy atom. The molecule has 0 unspecified atom stereocenters. The average molecular weight is 532 g/mol. The summed E-state index contributed by atoms with van der Waals surface area (Å²) in [6.07, 6.45) is 4.00. The predicted molar refractivity (Wildman–Crippen MR) is 153 cm³/mol. The number of aryl methyl sites for hydroxylation is 1. The first-order chi connectivity index (χ1) is 18.5. The maximum Gasteiger partial charge on any atom is 0.255 e. The van der Waals surface area contributed by atoms with Gasteiger partial charge < -0.3 is 14.5 Å². The molecule has 0 N–H and O–H groups in total. The molecule has 7 heteroatoms. The molecule has 1 aliphatic heterocycles. The molecule has 3 aromatic carbocycles. The van der Waals surface area contributed by atoms with Crippen LogP contribution in [0.25, 0.3) is 6.08 Å². The number of hydrogen-bond acceptors (Lipinski definition) is 4. The number of piperazine rings is 1. The molecule has 1 fully saturated rings. The Bertz CT molecular complexity index is 1270. The predicted octanol–water partition coefficient (Wildman–Crippen LogP) is 5.27. The number of halogens is 1. The summed E-state index contributed by atoms with van der Waals surface area (Å²) in [5.74, 6) is 0.763. The smallest absolute Gasteiger partial charge is 0.255 e. The van der Waals surface area contributed by atoms with E-state index in [0.29, 0.717) is 42.3 Å². The van der Waals surface area contributed by atoms with E-state index in [9.17, 15) is 9.59 Å². The zero-order chi connectivity index (χ0) is 26.9. The number of hydrogen-bond donors (Lipinski definition) is 0. The Morgan fingerprint density at radius 3 is 2.34 bits per heavy atom. The third kappa shape index (κ3) is 7.03. The zero-order valence-corrected chi connectivity index (χ0v) is 22.7. The molecular weight excluding hydrogens is 498 g/mol. The Kier molecular flexibility index (Phi) is 9.57. The molecule has 2 amide bonds. The molecule has 6 nitrogen and oxygen atoms in total. The highest BCUT2D eigenvalue weighted by molar-refractivity contribution is 6.33. The van der Waals surface area contributed by atoms with Gasteiger partial charge in [0.2, 0.25) is 0 Å². The van der Waals surface area contributed by atoms with Gasteiger partial charge in [-0.2, -0.15) is 0 Å². The van der Waals surface area contributed by atoms with Crippen LogP contribution in [0.5, 0.6) is 5.75 Å². The van der Waals surface area contributed by atoms with E-state index in [1.54, 1.807) is 19.2 Å². The van der Waals surface area contributed by atoms with E-state index >= 15 is 0 Å². The molecule has 1 saturated heterocycles. The topological polar surface area (TPSA) is 53.1 Å². The number of carbonyl (C=O) groups is 2. The summed E-state index contributed by atoms with van der Waals surface area (Å²) in [5, 5.41) is 0.478. The maximum absolute atomic E-state index is 13.4. The van der Waals surface area contributed by atoms with Gasteiger partial charge >= 0.3 is 0 Å². The van der Waals surface area contributed by atoms with Gasteiger partial charge in [-0.05, 0) is 37.3 Å². The summed E-state index contributed by atoms with van der Waals surface area (Å²) in [7, 11) is 1.65. The van der Waals surface area contributed by atoms with Gasteiger partial charge in [-0.15, -0.1) is 0 Å². The van der Waals surface area contributed by atoms with Gasteiger partial charge in [0.15, 0.2) is 0 Å². The van der Waals surface area contributed by atoms with Crippen molar-refractivity contribution in [3.05, 3.63) is 106 Å². The third-order valence-corrected chi connectivity index (χ3v) is 7.13. The van der Waals surface area contributed by atoms with Crippen molar-refractivity contribution in [1.29, 1.82) is 0 Å². The Labute approximate surface area is 230 Å². The molecule has 0 radical (unpaired) electrons. The number of para-hydroxylation sites is 1. The van der Waals surface area contributed by atoms with E-state index in [1.165, 1.54) is 0 Å². The van der Waals surface area contributed by atoms with Crippen LogP contribution in [-0.2, 0) is 0 Å². The van der Waals surface area contributed by atoms with E-state index in [-0.39, 0.29) is 11.8 Å². The normalized spacial score (nSPS) is 14.0. The minimum atomic E-state index is -0.0343. The summed E-state index contributed by atoms with van der Waals surface area (Å²) >= 11 is 6.23. The van der Waals surface area contributed by atoms with Crippen LogP contribution in [0.15, 0.2) is 78.9 Å². The first kappa shape index (κ1) is 27.4. The number of amides is 2. The van der Waals surface area contributed by atoms with Crippen LogP contribution in [0.3, 0.4) is 0 Å². The lowest BCUT2D eigenvalue weighted by Crippen LogP contribution is -2.50. The first-order valence-electron chi connectivity index (χ1n) is 12.9. The van der Waals surface area contributed by atoms with Crippen LogP contribution in [0.1, 0.15) is 31.8 Å². The van der Waals surface area contributed by atoms with Gasteiger partial charge in [-0.3, -0.25) is 14.5 Å². The fraction of sp³-hybridized carbons (Fsp3) is 0.290. The highest BCUT2D eigenvalue weighted by atomic mass is 35.5. The van der Waals surface area contributed by atoms with Crippen molar-refractivity contribution in [3.8, 4) is 5.75 Å². The molecule has 0 atom stereocenters. The molecule has 198 valence electrons. The minimum absolute atomic E-state index is 0.00205. The quantitative estimate of drug-likeness (QED) is 0.377. The lowest BCUT2D eigenvalue weighted by atomic mass is 10.1. The molecular formula is C31H34ClN3O3. The summed E-state index contributed by atoms with van der Waals surface area (Å²) < 4.78 is 5.44. The van der Waals surface area contributed by atoms with Crippen molar-refractivity contribution in [1.82, 2.24) is 14.7 Å². The van der Waals surface area contributed by atoms with Crippen molar-refractivity contribution in [3.63, 3.8) is 0 Å². The summed E-state index contributed by atoms with van der Waals surface area (Å²) in [4.78, 5) is 32.3. The van der Waals surface area contributed by atoms with E-state index in [4.69, 9.17) is 16.3 Å². The molecule has 0 spiro atoms. The maximum atomic E-state index is 13.4. The molecule has 0 saturated carbocycles. The Balaban J connectivity index is 1.38. The van der Waals surface area contributed by atoms with Gasteiger partial charge in [-0.1, -0.05) is 71.8 Å². The number of nitrogens with zero attached hydrogens (tertiary/aromatic N) is 3. The lowest BCUT2D eigenvalue weighted by molar-refractivity contribution is 0.0610. The van der Waals surface area contributed by atoms with E-state index in [1.807, 2.05) is 89.5 Å². The van der Waals surface area contributed by atoms with Crippen molar-refractivity contribution < 1.29 is 14.3 Å². The molecule has 0 aromatic heterocycles. The molecule has 1 aliphatic rings. The second-order valence-corrected chi connectivity index (χ2v) is 9.78. The van der Waals surface area contributed by atoms with Crippen LogP contribution < -0.4 is 4.74 Å². The van der Waals surface area contributed by atoms with E-state index < -0.39 is 0 Å². The number of ether oxygens (including phenoxy) is 1. The number of methoxy groups -OCH3 is 1. The molecule has 0 bridgehead atoms. The number of benzene rings is 3. The molecule has 0 aliphatic carbocycles. The van der Waals surface area contributed by atoms with E-state index in [2.05, 4.69) is 4.90 Å². The molecule has 3 aromatic rings. The summed E-state index contributed by atoms with van der Waals surface area (Å²) in [6, 6.07) is 22.7. The van der Waals surface area contributed by atoms with Crippen molar-refractivity contribution >= 4 is 29.5 Å². The molecule has 38 heavy (non-hydrogen) atoms. The SMILES string of the molecule is COc1ccccc1/C=C/CN(CCN1CCN(C(=O)c2ccccc2Cl)CC1)C(=O)c1ccc(C)cc1. The Morgan fingerprint density at radius 1 is 0.947 bits per heavy atom. The largest absolute Gasteiger partial charge is 0.496 e. The first-order valence-corrected chi connectivity index (χ1v) is 13.3. The van der Waals surface area contributed by atoms with Crippen LogP contribution in [0, 0.1) is 6.92 Å². The highest BCUT2D eigenvalue weighted by Crippen LogP contribution is 2.20. The monoisotopic (exact) mass is 531 g/mol. The van der Waals surface area contributed by atoms with Crippen molar-refractivity contribution in [2.75, 3.05) is 52.9 Å². The second kappa shape index (κ2) is 13.3. The van der Waals surface area contributed by atoms with Crippen LogP contribution in [-0.4, -0.2) is 79.4 Å². The average Bonchev–Trinajstić information content (AvgIpc) is 2.95. The number of rotatable bonds is 9. The fourth-order valence-electron chi connectivity index (χ4n) is 4.51. The van der Waals surface area contributed by atoms with Crippen LogP contribution in [0.4, 0.5) is 0 Å². The lowest BCUT2D eigenvalue weighted by Gasteiger charge is -2.36. The summed E-state index contributed by atoms with van der Waals surface area (Å²) in [5.41, 5.74) is 3.31. The van der Waals surface area contributed by atoms with Gasteiger partial charge in [0.05, 0.1) is 17.7 Å². The molecule has 1 heterocycles. The van der Waals surface area contributed by atoms with Crippen molar-refractivity contribution in [2.24, 2.45) is 0 Å². The molecule has 4 rings (SSSR count). The van der Waals surface area contributed by atoms with Gasteiger partial charge in [0.25, 0.3) is 11.8 Å². The minimum Gasteiger partial charge on any atom is -0.496 e. The van der Waals surface area contributed by atoms with Crippen LogP contribution >= 0.6 is 11.6 Å². The Hall–Kier alpha value is -3.61. The zero-order valence-electron chi connectivity index (χ0n) is 22.0. The fourth-order valence-corrected chi connectivity index (χ4v) is 4.72. The summed E-state index contributed by atoms with van der Waals surface area (Å²) in [6.45, 7) is 6.57. The van der Waals surface area contributed by atoms with Crippen LogP contribution in [0.2, 0.25) is 5.02 Å². The van der Waals surface area contributed by atoms with Gasteiger partial charge in [0.1, 0.15) is 5.75 Å². The van der Waals surface area contributed by atoms with Crippen molar-refractivity contribution in [2.45, 2.75) is 6.92 Å². The highest BCUT2D eigenvalue weighted by Gasteiger charge is 2.24.